The van der Waals surface area contributed by atoms with Gasteiger partial charge >= 0.3 is 0 Å². The molecule has 1 aromatic heterocycles. The van der Waals surface area contributed by atoms with Crippen LogP contribution in [0.1, 0.15) is 24.5 Å². The second-order valence-electron chi connectivity index (χ2n) is 4.65. The number of nitrogens with zero attached hydrogens (tertiary/aromatic N) is 2. The smallest absolute Gasteiger partial charge is 0.107 e. The predicted molar refractivity (Wildman–Crippen MR) is 67.0 cm³/mol. The molecule has 1 fully saturated rings. The first kappa shape index (κ1) is 12.3. The van der Waals surface area contributed by atoms with E-state index in [0.29, 0.717) is 5.88 Å². The number of hydrogen-bond acceptors (Lipinski definition) is 4. The van der Waals surface area contributed by atoms with Crippen LogP contribution in [-0.4, -0.2) is 35.2 Å². The summed E-state index contributed by atoms with van der Waals surface area (Å²) in [7, 11) is 0. The van der Waals surface area contributed by atoms with Crippen LogP contribution >= 0.6 is 22.9 Å². The number of rotatable bonds is 3. The quantitative estimate of drug-likeness (QED) is 0.781. The van der Waals surface area contributed by atoms with Gasteiger partial charge in [-0.15, -0.1) is 22.9 Å². The van der Waals surface area contributed by atoms with E-state index in [1.165, 1.54) is 0 Å². The fourth-order valence-corrected chi connectivity index (χ4v) is 2.87. The molecule has 0 atom stereocenters. The van der Waals surface area contributed by atoms with Crippen LogP contribution in [0.15, 0.2) is 5.38 Å². The van der Waals surface area contributed by atoms with Crippen molar-refractivity contribution in [2.45, 2.75) is 31.8 Å². The van der Waals surface area contributed by atoms with E-state index in [1.54, 1.807) is 11.3 Å². The van der Waals surface area contributed by atoms with Crippen LogP contribution in [0, 0.1) is 0 Å². The summed E-state index contributed by atoms with van der Waals surface area (Å²) < 4.78 is 5.50. The third kappa shape index (κ3) is 2.74. The highest BCUT2D eigenvalue weighted by molar-refractivity contribution is 7.09. The van der Waals surface area contributed by atoms with Crippen molar-refractivity contribution in [2.24, 2.45) is 0 Å². The first-order valence-electron chi connectivity index (χ1n) is 5.44. The molecule has 0 aromatic carbocycles. The SMILES string of the molecule is CC1(C)COCCN1Cc1nc(CCl)cs1. The van der Waals surface area contributed by atoms with E-state index in [0.717, 1.165) is 37.0 Å². The average molecular weight is 261 g/mol. The minimum absolute atomic E-state index is 0.102. The molecule has 1 aliphatic heterocycles. The molecule has 0 saturated carbocycles. The third-order valence-electron chi connectivity index (χ3n) is 2.88. The van der Waals surface area contributed by atoms with Gasteiger partial charge in [-0.3, -0.25) is 4.90 Å². The van der Waals surface area contributed by atoms with E-state index in [9.17, 15) is 0 Å². The third-order valence-corrected chi connectivity index (χ3v) is 4.04. The lowest BCUT2D eigenvalue weighted by Gasteiger charge is -2.41. The molecule has 1 saturated heterocycles. The van der Waals surface area contributed by atoms with Crippen molar-refractivity contribution in [1.29, 1.82) is 0 Å². The Morgan fingerprint density at radius 1 is 1.62 bits per heavy atom. The van der Waals surface area contributed by atoms with Crippen molar-refractivity contribution in [3.8, 4) is 0 Å². The highest BCUT2D eigenvalue weighted by Gasteiger charge is 2.30. The highest BCUT2D eigenvalue weighted by atomic mass is 35.5. The van der Waals surface area contributed by atoms with E-state index in [-0.39, 0.29) is 5.54 Å². The van der Waals surface area contributed by atoms with Gasteiger partial charge in [0.15, 0.2) is 0 Å². The Labute approximate surface area is 105 Å². The van der Waals surface area contributed by atoms with Gasteiger partial charge in [-0.25, -0.2) is 4.98 Å². The van der Waals surface area contributed by atoms with Gasteiger partial charge in [-0.1, -0.05) is 0 Å². The monoisotopic (exact) mass is 260 g/mol. The molecule has 0 unspecified atom stereocenters. The van der Waals surface area contributed by atoms with Crippen molar-refractivity contribution >= 4 is 22.9 Å². The van der Waals surface area contributed by atoms with Crippen LogP contribution in [0.4, 0.5) is 0 Å². The molecule has 0 spiro atoms. The zero-order valence-electron chi connectivity index (χ0n) is 9.70. The van der Waals surface area contributed by atoms with Crippen LogP contribution in [0.3, 0.4) is 0 Å². The Morgan fingerprint density at radius 2 is 2.44 bits per heavy atom. The fourth-order valence-electron chi connectivity index (χ4n) is 1.83. The lowest BCUT2D eigenvalue weighted by atomic mass is 10.0. The molecule has 2 heterocycles. The molecule has 0 aliphatic carbocycles. The number of halogens is 1. The highest BCUT2D eigenvalue weighted by Crippen LogP contribution is 2.23. The summed E-state index contributed by atoms with van der Waals surface area (Å²) >= 11 is 7.44. The van der Waals surface area contributed by atoms with Crippen LogP contribution in [-0.2, 0) is 17.2 Å². The average Bonchev–Trinajstić information content (AvgIpc) is 2.69. The van der Waals surface area contributed by atoms with Gasteiger partial charge < -0.3 is 4.74 Å². The van der Waals surface area contributed by atoms with Crippen molar-refractivity contribution in [2.75, 3.05) is 19.8 Å². The molecule has 0 amide bonds. The number of aromatic nitrogens is 1. The Bertz CT molecular complexity index is 354. The second kappa shape index (κ2) is 5.00. The molecule has 16 heavy (non-hydrogen) atoms. The molecular formula is C11H17ClN2OS. The second-order valence-corrected chi connectivity index (χ2v) is 5.86. The first-order chi connectivity index (χ1) is 7.62. The van der Waals surface area contributed by atoms with Crippen molar-refractivity contribution < 1.29 is 4.74 Å². The van der Waals surface area contributed by atoms with Gasteiger partial charge in [0.2, 0.25) is 0 Å². The summed E-state index contributed by atoms with van der Waals surface area (Å²) in [5.41, 5.74) is 1.08. The normalized spacial score (nSPS) is 21.2. The Morgan fingerprint density at radius 3 is 3.06 bits per heavy atom. The van der Waals surface area contributed by atoms with Crippen molar-refractivity contribution in [3.05, 3.63) is 16.1 Å². The van der Waals surface area contributed by atoms with E-state index >= 15 is 0 Å². The molecule has 1 aromatic rings. The summed E-state index contributed by atoms with van der Waals surface area (Å²) in [4.78, 5) is 6.92. The van der Waals surface area contributed by atoms with Gasteiger partial charge in [0.1, 0.15) is 5.01 Å². The Balaban J connectivity index is 2.02. The minimum atomic E-state index is 0.102. The van der Waals surface area contributed by atoms with Crippen molar-refractivity contribution in [1.82, 2.24) is 9.88 Å². The van der Waals surface area contributed by atoms with Gasteiger partial charge in [0.25, 0.3) is 0 Å². The molecule has 0 N–H and O–H groups in total. The summed E-state index contributed by atoms with van der Waals surface area (Å²) in [5.74, 6) is 0.503. The zero-order chi connectivity index (χ0) is 11.6. The van der Waals surface area contributed by atoms with Gasteiger partial charge in [-0.05, 0) is 13.8 Å². The Kier molecular flexibility index (Phi) is 3.85. The number of ether oxygens (including phenoxy) is 1. The van der Waals surface area contributed by atoms with E-state index in [1.807, 2.05) is 5.38 Å². The number of thiazole rings is 1. The molecule has 0 radical (unpaired) electrons. The van der Waals surface area contributed by atoms with Crippen LogP contribution in [0.25, 0.3) is 0 Å². The molecule has 0 bridgehead atoms. The van der Waals surface area contributed by atoms with Crippen LogP contribution in [0.2, 0.25) is 0 Å². The number of alkyl halides is 1. The molecule has 2 rings (SSSR count). The standard InChI is InChI=1S/C11H17ClN2OS/c1-11(2)8-15-4-3-14(11)6-10-13-9(5-12)7-16-10/h7H,3-6,8H2,1-2H3. The van der Waals surface area contributed by atoms with E-state index in [2.05, 4.69) is 23.7 Å². The van der Waals surface area contributed by atoms with Gasteiger partial charge in [-0.2, -0.15) is 0 Å². The van der Waals surface area contributed by atoms with Gasteiger partial charge in [0.05, 0.1) is 31.3 Å². The number of hydrogen-bond donors (Lipinski definition) is 0. The predicted octanol–water partition coefficient (Wildman–Crippen LogP) is 2.49. The molecular weight excluding hydrogens is 244 g/mol. The zero-order valence-corrected chi connectivity index (χ0v) is 11.3. The van der Waals surface area contributed by atoms with E-state index in [4.69, 9.17) is 16.3 Å². The van der Waals surface area contributed by atoms with Gasteiger partial charge in [0, 0.05) is 17.5 Å². The molecule has 5 heteroatoms. The molecule has 90 valence electrons. The van der Waals surface area contributed by atoms with Crippen molar-refractivity contribution in [3.63, 3.8) is 0 Å². The summed E-state index contributed by atoms with van der Waals surface area (Å²) in [6, 6.07) is 0. The number of morpholine rings is 1. The maximum Gasteiger partial charge on any atom is 0.107 e. The lowest BCUT2D eigenvalue weighted by Crippen LogP contribution is -2.52. The summed E-state index contributed by atoms with van der Waals surface area (Å²) in [6.45, 7) is 7.91. The summed E-state index contributed by atoms with van der Waals surface area (Å²) in [6.07, 6.45) is 0. The maximum absolute atomic E-state index is 5.75. The molecule has 3 nitrogen and oxygen atoms in total. The van der Waals surface area contributed by atoms with Crippen LogP contribution < -0.4 is 0 Å². The molecule has 1 aliphatic rings. The summed E-state index contributed by atoms with van der Waals surface area (Å²) in [5, 5.41) is 3.18. The maximum atomic E-state index is 5.75. The fraction of sp³-hybridized carbons (Fsp3) is 0.727. The van der Waals surface area contributed by atoms with Crippen LogP contribution in [0.5, 0.6) is 0 Å². The Hall–Kier alpha value is -0.160. The topological polar surface area (TPSA) is 25.4 Å². The lowest BCUT2D eigenvalue weighted by molar-refractivity contribution is -0.0553. The minimum Gasteiger partial charge on any atom is -0.378 e. The van der Waals surface area contributed by atoms with E-state index < -0.39 is 0 Å². The first-order valence-corrected chi connectivity index (χ1v) is 6.85. The largest absolute Gasteiger partial charge is 0.378 e.